The van der Waals surface area contributed by atoms with E-state index >= 15 is 0 Å². The van der Waals surface area contributed by atoms with Gasteiger partial charge >= 0.3 is 5.97 Å². The number of aliphatic hydroxyl groups excluding tert-OH is 4. The normalized spacial score (nSPS) is 55.9. The summed E-state index contributed by atoms with van der Waals surface area (Å²) in [5.41, 5.74) is -1.50. The molecule has 0 aliphatic heterocycles. The first kappa shape index (κ1) is 26.6. The van der Waals surface area contributed by atoms with Crippen LogP contribution in [0.25, 0.3) is 0 Å². The van der Waals surface area contributed by atoms with Gasteiger partial charge in [0.2, 0.25) is 0 Å². The second-order valence-electron chi connectivity index (χ2n) is 15.0. The van der Waals surface area contributed by atoms with Crippen LogP contribution in [0.2, 0.25) is 0 Å². The monoisotopic (exact) mass is 504 g/mol. The third-order valence-corrected chi connectivity index (χ3v) is 13.4. The number of carboxylic acids is 1. The maximum Gasteiger partial charge on any atom is 0.310 e. The third-order valence-electron chi connectivity index (χ3n) is 13.4. The zero-order valence-electron chi connectivity index (χ0n) is 23.0. The van der Waals surface area contributed by atoms with Crippen LogP contribution >= 0.6 is 0 Å². The average Bonchev–Trinajstić information content (AvgIpc) is 2.80. The van der Waals surface area contributed by atoms with Crippen LogP contribution < -0.4 is 0 Å². The van der Waals surface area contributed by atoms with Crippen molar-refractivity contribution in [3.8, 4) is 0 Å². The van der Waals surface area contributed by atoms with Gasteiger partial charge in [-0.3, -0.25) is 4.79 Å². The molecule has 0 amide bonds. The molecule has 6 heteroatoms. The van der Waals surface area contributed by atoms with E-state index < -0.39 is 35.1 Å². The summed E-state index contributed by atoms with van der Waals surface area (Å²) in [5, 5.41) is 54.5. The van der Waals surface area contributed by atoms with Gasteiger partial charge in [-0.25, -0.2) is 0 Å². The van der Waals surface area contributed by atoms with Crippen molar-refractivity contribution in [2.45, 2.75) is 111 Å². The third kappa shape index (κ3) is 2.96. The minimum atomic E-state index is -0.944. The van der Waals surface area contributed by atoms with Crippen LogP contribution in [0.3, 0.4) is 0 Å². The molecule has 0 aromatic rings. The SMILES string of the molecule is CC1(C)CC[C@]2(C(=O)O)CC[C@]3(C)C(=CC[C@@H]4[C@@]5(C)CC(O)C(O)[C@](C)(CO)[C@@H]5CC[C@]43C)[C@@H]2C1O. The van der Waals surface area contributed by atoms with Gasteiger partial charge in [0.25, 0.3) is 0 Å². The topological polar surface area (TPSA) is 118 Å². The highest BCUT2D eigenvalue weighted by Gasteiger charge is 2.71. The Bertz CT molecular complexity index is 974. The molecule has 0 radical (unpaired) electrons. The Hall–Kier alpha value is -0.950. The van der Waals surface area contributed by atoms with Crippen LogP contribution in [-0.2, 0) is 4.79 Å². The number of carboxylic acid groups (broad SMARTS) is 1. The highest BCUT2D eigenvalue weighted by molar-refractivity contribution is 5.77. The molecule has 5 rings (SSSR count). The average molecular weight is 505 g/mol. The van der Waals surface area contributed by atoms with E-state index in [4.69, 9.17) is 0 Å². The molecular weight excluding hydrogens is 456 g/mol. The van der Waals surface area contributed by atoms with Gasteiger partial charge in [0.15, 0.2) is 0 Å². The second kappa shape index (κ2) is 7.80. The van der Waals surface area contributed by atoms with Gasteiger partial charge in [-0.2, -0.15) is 0 Å². The molecular formula is C30H48O6. The molecule has 0 aromatic heterocycles. The minimum absolute atomic E-state index is 0.0888. The fourth-order valence-electron chi connectivity index (χ4n) is 10.8. The van der Waals surface area contributed by atoms with E-state index in [0.29, 0.717) is 25.7 Å². The van der Waals surface area contributed by atoms with Crippen LogP contribution in [0.5, 0.6) is 0 Å². The molecule has 0 heterocycles. The molecule has 4 saturated carbocycles. The molecule has 0 aromatic carbocycles. The Labute approximate surface area is 216 Å². The lowest BCUT2D eigenvalue weighted by atomic mass is 9.33. The number of rotatable bonds is 2. The maximum absolute atomic E-state index is 12.8. The van der Waals surface area contributed by atoms with Crippen LogP contribution in [0.4, 0.5) is 0 Å². The minimum Gasteiger partial charge on any atom is -0.481 e. The highest BCUT2D eigenvalue weighted by atomic mass is 16.4. The highest BCUT2D eigenvalue weighted by Crippen LogP contribution is 2.75. The zero-order chi connectivity index (χ0) is 26.7. The molecule has 5 aliphatic carbocycles. The van der Waals surface area contributed by atoms with Crippen LogP contribution in [0, 0.1) is 50.2 Å². The number of carbonyl (C=O) groups is 1. The van der Waals surface area contributed by atoms with Crippen molar-refractivity contribution >= 4 is 5.97 Å². The smallest absolute Gasteiger partial charge is 0.310 e. The number of allylic oxidation sites excluding steroid dienone is 1. The largest absolute Gasteiger partial charge is 0.481 e. The lowest BCUT2D eigenvalue weighted by Crippen LogP contribution is -2.69. The van der Waals surface area contributed by atoms with E-state index in [2.05, 4.69) is 40.7 Å². The van der Waals surface area contributed by atoms with Gasteiger partial charge < -0.3 is 25.5 Å². The van der Waals surface area contributed by atoms with Crippen molar-refractivity contribution in [3.63, 3.8) is 0 Å². The van der Waals surface area contributed by atoms with E-state index in [1.54, 1.807) is 0 Å². The van der Waals surface area contributed by atoms with E-state index in [0.717, 1.165) is 31.3 Å². The maximum atomic E-state index is 12.8. The van der Waals surface area contributed by atoms with Crippen molar-refractivity contribution < 1.29 is 30.3 Å². The Morgan fingerprint density at radius 2 is 1.56 bits per heavy atom. The summed E-state index contributed by atoms with van der Waals surface area (Å²) in [6.45, 7) is 12.9. The Balaban J connectivity index is 1.63. The summed E-state index contributed by atoms with van der Waals surface area (Å²) in [7, 11) is 0. The summed E-state index contributed by atoms with van der Waals surface area (Å²) in [5.74, 6) is -0.833. The van der Waals surface area contributed by atoms with Gasteiger partial charge in [0.1, 0.15) is 0 Å². The van der Waals surface area contributed by atoms with E-state index in [-0.39, 0.29) is 46.0 Å². The molecule has 6 nitrogen and oxygen atoms in total. The van der Waals surface area contributed by atoms with Crippen LogP contribution in [0.1, 0.15) is 92.9 Å². The quantitative estimate of drug-likeness (QED) is 0.361. The summed E-state index contributed by atoms with van der Waals surface area (Å²) in [6, 6.07) is 0. The first-order valence-electron chi connectivity index (χ1n) is 14.1. The lowest BCUT2D eigenvalue weighted by molar-refractivity contribution is -0.245. The van der Waals surface area contributed by atoms with Crippen molar-refractivity contribution in [3.05, 3.63) is 11.6 Å². The molecule has 5 N–H and O–H groups in total. The predicted octanol–water partition coefficient (Wildman–Crippen LogP) is 4.15. The van der Waals surface area contributed by atoms with Crippen molar-refractivity contribution in [2.24, 2.45) is 50.2 Å². The number of hydrogen-bond acceptors (Lipinski definition) is 5. The molecule has 0 spiro atoms. The Kier molecular flexibility index (Phi) is 5.77. The van der Waals surface area contributed by atoms with E-state index in [9.17, 15) is 30.3 Å². The van der Waals surface area contributed by atoms with Crippen LogP contribution in [-0.4, -0.2) is 56.4 Å². The molecule has 5 aliphatic rings. The number of hydrogen-bond donors (Lipinski definition) is 5. The fraction of sp³-hybridized carbons (Fsp3) is 0.900. The van der Waals surface area contributed by atoms with E-state index in [1.807, 2.05) is 6.92 Å². The van der Waals surface area contributed by atoms with Crippen molar-refractivity contribution in [1.29, 1.82) is 0 Å². The van der Waals surface area contributed by atoms with Crippen molar-refractivity contribution in [2.75, 3.05) is 6.61 Å². The van der Waals surface area contributed by atoms with Gasteiger partial charge in [-0.15, -0.1) is 0 Å². The van der Waals surface area contributed by atoms with E-state index in [1.165, 1.54) is 0 Å². The number of aliphatic hydroxyl groups is 4. The summed E-state index contributed by atoms with van der Waals surface area (Å²) >= 11 is 0. The van der Waals surface area contributed by atoms with Gasteiger partial charge in [0, 0.05) is 11.3 Å². The van der Waals surface area contributed by atoms with Gasteiger partial charge in [-0.1, -0.05) is 53.2 Å². The summed E-state index contributed by atoms with van der Waals surface area (Å²) in [6.07, 6.45) is 5.48. The molecule has 4 fully saturated rings. The molecule has 11 atom stereocenters. The van der Waals surface area contributed by atoms with Crippen molar-refractivity contribution in [1.82, 2.24) is 0 Å². The Morgan fingerprint density at radius 1 is 0.917 bits per heavy atom. The summed E-state index contributed by atoms with van der Waals surface area (Å²) < 4.78 is 0. The molecule has 36 heavy (non-hydrogen) atoms. The number of fused-ring (bicyclic) bond motifs is 7. The van der Waals surface area contributed by atoms with Crippen LogP contribution in [0.15, 0.2) is 11.6 Å². The molecule has 204 valence electrons. The molecule has 0 bridgehead atoms. The first-order valence-corrected chi connectivity index (χ1v) is 14.1. The standard InChI is InChI=1S/C30H48O6/c1-25(2)11-13-30(24(35)36)14-12-28(5)17(21(30)23(25)34)7-8-20-26(3)15-18(32)22(33)27(4,16-31)19(26)9-10-29(20,28)6/h7,18-23,31-34H,8-16H2,1-6H3,(H,35,36)/t18?,19-,20-,21-,22?,23?,26+,27-,28-,29-,30+/m1/s1. The van der Waals surface area contributed by atoms with Gasteiger partial charge in [-0.05, 0) is 84.9 Å². The summed E-state index contributed by atoms with van der Waals surface area (Å²) in [4.78, 5) is 12.8. The predicted molar refractivity (Wildman–Crippen MR) is 137 cm³/mol. The zero-order valence-corrected chi connectivity index (χ0v) is 23.0. The van der Waals surface area contributed by atoms with Gasteiger partial charge in [0.05, 0.1) is 30.3 Å². The first-order chi connectivity index (χ1) is 16.5. The fourth-order valence-corrected chi connectivity index (χ4v) is 10.8. The molecule has 0 saturated heterocycles. The number of aliphatic carboxylic acids is 1. The lowest BCUT2D eigenvalue weighted by Gasteiger charge is -2.71. The second-order valence-corrected chi connectivity index (χ2v) is 15.0. The molecule has 3 unspecified atom stereocenters. The Morgan fingerprint density at radius 3 is 2.17 bits per heavy atom.